The van der Waals surface area contributed by atoms with Crippen molar-refractivity contribution >= 4 is 16.8 Å². The lowest BCUT2D eigenvalue weighted by molar-refractivity contribution is 0.103. The molecule has 7 heteroatoms. The van der Waals surface area contributed by atoms with Gasteiger partial charge in [-0.2, -0.15) is 0 Å². The Kier molecular flexibility index (Phi) is 14.5. The third-order valence-electron chi connectivity index (χ3n) is 10.5. The van der Waals surface area contributed by atoms with Gasteiger partial charge >= 0.3 is 0 Å². The third-order valence-corrected chi connectivity index (χ3v) is 10.5. The highest BCUT2D eigenvalue weighted by atomic mass is 16.5. The third kappa shape index (κ3) is 10.5. The molecule has 0 amide bonds. The smallest absolute Gasteiger partial charge is 0.196 e. The number of ether oxygens (including phenoxy) is 1. The Hall–Kier alpha value is -4.65. The molecule has 0 aliphatic rings. The number of carbonyl (C=O) groups excluding carboxylic acids is 1. The summed E-state index contributed by atoms with van der Waals surface area (Å²) in [4.78, 5) is 15.2. The fourth-order valence-electron chi connectivity index (χ4n) is 7.10. The second kappa shape index (κ2) is 19.4. The van der Waals surface area contributed by atoms with Crippen LogP contribution in [0, 0.1) is 0 Å². The first-order valence-corrected chi connectivity index (χ1v) is 20.0. The van der Waals surface area contributed by atoms with Gasteiger partial charge in [0.15, 0.2) is 5.78 Å². The quantitative estimate of drug-likeness (QED) is 0.0546. The van der Waals surface area contributed by atoms with Gasteiger partial charge in [-0.15, -0.1) is 15.0 Å². The molecule has 0 atom stereocenters. The van der Waals surface area contributed by atoms with Gasteiger partial charge in [-0.3, -0.25) is 4.79 Å². The molecule has 5 aromatic rings. The second-order valence-corrected chi connectivity index (χ2v) is 15.2. The van der Waals surface area contributed by atoms with Crippen LogP contribution < -0.4 is 4.74 Å². The highest BCUT2D eigenvalue weighted by molar-refractivity contribution is 6.11. The van der Waals surface area contributed by atoms with Crippen molar-refractivity contribution in [3.63, 3.8) is 0 Å². The van der Waals surface area contributed by atoms with E-state index in [1.54, 1.807) is 24.3 Å². The van der Waals surface area contributed by atoms with Crippen LogP contribution >= 0.6 is 0 Å². The van der Waals surface area contributed by atoms with Gasteiger partial charge in [0.25, 0.3) is 0 Å². The number of phenols is 2. The molecule has 0 aliphatic carbocycles. The van der Waals surface area contributed by atoms with Crippen LogP contribution in [0.3, 0.4) is 0 Å². The molecule has 1 aromatic heterocycles. The van der Waals surface area contributed by atoms with E-state index in [0.717, 1.165) is 55.1 Å². The minimum atomic E-state index is -0.270. The van der Waals surface area contributed by atoms with Crippen LogP contribution in [0.2, 0.25) is 0 Å². The Labute approximate surface area is 316 Å². The van der Waals surface area contributed by atoms with Crippen LogP contribution in [-0.2, 0) is 11.8 Å². The second-order valence-electron chi connectivity index (χ2n) is 15.2. The van der Waals surface area contributed by atoms with E-state index in [9.17, 15) is 15.0 Å². The lowest BCUT2D eigenvalue weighted by Gasteiger charge is -2.27. The number of fused-ring (bicyclic) bond motifs is 1. The molecule has 0 radical (unpaired) electrons. The first-order chi connectivity index (χ1) is 25.7. The van der Waals surface area contributed by atoms with Crippen LogP contribution in [0.4, 0.5) is 0 Å². The van der Waals surface area contributed by atoms with Crippen molar-refractivity contribution in [3.8, 4) is 22.9 Å². The van der Waals surface area contributed by atoms with Crippen LogP contribution in [-0.4, -0.2) is 37.6 Å². The summed E-state index contributed by atoms with van der Waals surface area (Å²) in [5.41, 5.74) is 4.54. The Morgan fingerprint density at radius 1 is 0.698 bits per heavy atom. The summed E-state index contributed by atoms with van der Waals surface area (Å²) >= 11 is 0. The fraction of sp³-hybridized carbons (Fsp3) is 0.457. The molecule has 0 bridgehead atoms. The largest absolute Gasteiger partial charge is 0.507 e. The highest BCUT2D eigenvalue weighted by Crippen LogP contribution is 2.41. The van der Waals surface area contributed by atoms with E-state index >= 15 is 0 Å². The maximum atomic E-state index is 13.7. The van der Waals surface area contributed by atoms with Crippen molar-refractivity contribution in [2.75, 3.05) is 6.61 Å². The van der Waals surface area contributed by atoms with Gasteiger partial charge in [0.1, 0.15) is 34.0 Å². The van der Waals surface area contributed by atoms with E-state index in [1.807, 2.05) is 54.6 Å². The van der Waals surface area contributed by atoms with Crippen LogP contribution in [0.1, 0.15) is 150 Å². The first-order valence-electron chi connectivity index (χ1n) is 20.0. The molecule has 282 valence electrons. The molecule has 0 spiro atoms. The highest BCUT2D eigenvalue weighted by Gasteiger charge is 2.27. The van der Waals surface area contributed by atoms with Crippen molar-refractivity contribution in [3.05, 3.63) is 107 Å². The Balaban J connectivity index is 1.46. The topological polar surface area (TPSA) is 97.5 Å². The summed E-state index contributed by atoms with van der Waals surface area (Å²) in [6.45, 7) is 9.42. The Bertz CT molecular complexity index is 1880. The number of phenolic OH excluding ortho intramolecular Hbond substituents is 2. The van der Waals surface area contributed by atoms with Crippen LogP contribution in [0.15, 0.2) is 78.9 Å². The molecule has 53 heavy (non-hydrogen) atoms. The van der Waals surface area contributed by atoms with Crippen molar-refractivity contribution in [2.45, 2.75) is 129 Å². The summed E-state index contributed by atoms with van der Waals surface area (Å²) in [7, 11) is 0. The van der Waals surface area contributed by atoms with Crippen LogP contribution in [0.25, 0.3) is 16.7 Å². The van der Waals surface area contributed by atoms with Gasteiger partial charge in [0.05, 0.1) is 12.2 Å². The minimum Gasteiger partial charge on any atom is -0.507 e. The number of rotatable bonds is 22. The maximum Gasteiger partial charge on any atom is 0.196 e. The predicted molar refractivity (Wildman–Crippen MR) is 216 cm³/mol. The summed E-state index contributed by atoms with van der Waals surface area (Å²) in [6.07, 6.45) is 16.7. The summed E-state index contributed by atoms with van der Waals surface area (Å²) in [6, 6.07) is 24.1. The lowest BCUT2D eigenvalue weighted by Crippen LogP contribution is -2.18. The molecule has 2 N–H and O–H groups in total. The number of carbonyl (C=O) groups is 1. The van der Waals surface area contributed by atoms with Crippen molar-refractivity contribution in [1.82, 2.24) is 15.0 Å². The molecule has 5 rings (SSSR count). The van der Waals surface area contributed by atoms with E-state index in [-0.39, 0.29) is 34.7 Å². The van der Waals surface area contributed by atoms with Crippen molar-refractivity contribution in [2.24, 2.45) is 0 Å². The average molecular weight is 718 g/mol. The molecule has 4 aromatic carbocycles. The predicted octanol–water partition coefficient (Wildman–Crippen LogP) is 11.8. The fourth-order valence-corrected chi connectivity index (χ4v) is 7.10. The maximum absolute atomic E-state index is 13.7. The monoisotopic (exact) mass is 717 g/mol. The first kappa shape index (κ1) is 39.6. The number of hydrogen-bond donors (Lipinski definition) is 2. The summed E-state index contributed by atoms with van der Waals surface area (Å²) in [5, 5.41) is 33.3. The van der Waals surface area contributed by atoms with Crippen LogP contribution in [0.5, 0.6) is 17.2 Å². The Morgan fingerprint density at radius 2 is 1.28 bits per heavy atom. The molecular formula is C46H59N3O4. The molecule has 0 saturated carbocycles. The summed E-state index contributed by atoms with van der Waals surface area (Å²) in [5.74, 6) is 0.141. The minimum absolute atomic E-state index is 0.0262. The zero-order valence-corrected chi connectivity index (χ0v) is 32.4. The van der Waals surface area contributed by atoms with Gasteiger partial charge in [-0.05, 0) is 54.2 Å². The SMILES string of the molecule is CCCCCCCCCCCCOc1ccc(C(=O)c2ccccc2)c(O)c1Cc1cc(C(C)(C)CCCCC)cc(-n2nc3ccccc3n2)c1O. The molecule has 0 aliphatic heterocycles. The normalized spacial score (nSPS) is 11.7. The van der Waals surface area contributed by atoms with Gasteiger partial charge in [0, 0.05) is 23.1 Å². The summed E-state index contributed by atoms with van der Waals surface area (Å²) < 4.78 is 6.38. The zero-order valence-electron chi connectivity index (χ0n) is 32.4. The average Bonchev–Trinajstić information content (AvgIpc) is 3.60. The zero-order chi connectivity index (χ0) is 37.6. The van der Waals surface area contributed by atoms with E-state index < -0.39 is 0 Å². The van der Waals surface area contributed by atoms with E-state index in [1.165, 1.54) is 56.2 Å². The van der Waals surface area contributed by atoms with Gasteiger partial charge < -0.3 is 14.9 Å². The molecule has 0 saturated heterocycles. The van der Waals surface area contributed by atoms with E-state index in [0.29, 0.717) is 34.7 Å². The lowest BCUT2D eigenvalue weighted by atomic mass is 9.78. The number of ketones is 1. The molecule has 7 nitrogen and oxygen atoms in total. The van der Waals surface area contributed by atoms with E-state index in [4.69, 9.17) is 14.9 Å². The Morgan fingerprint density at radius 3 is 1.92 bits per heavy atom. The molecular weight excluding hydrogens is 659 g/mol. The number of aromatic nitrogens is 3. The van der Waals surface area contributed by atoms with Gasteiger partial charge in [0.2, 0.25) is 0 Å². The number of aromatic hydroxyl groups is 2. The van der Waals surface area contributed by atoms with Crippen molar-refractivity contribution in [1.29, 1.82) is 0 Å². The van der Waals surface area contributed by atoms with Gasteiger partial charge in [-0.1, -0.05) is 153 Å². The molecule has 0 fully saturated rings. The number of benzene rings is 4. The van der Waals surface area contributed by atoms with Crippen molar-refractivity contribution < 1.29 is 19.7 Å². The van der Waals surface area contributed by atoms with E-state index in [2.05, 4.69) is 27.7 Å². The number of nitrogens with zero attached hydrogens (tertiary/aromatic N) is 3. The van der Waals surface area contributed by atoms with Gasteiger partial charge in [-0.25, -0.2) is 0 Å². The number of unbranched alkanes of at least 4 members (excludes halogenated alkanes) is 11. The molecule has 1 heterocycles. The molecule has 0 unspecified atom stereocenters. The standard InChI is InChI=1S/C46H59N3O4/c1-5-7-9-10-11-12-13-14-15-22-30-53-42-28-27-37(43(50)34-23-17-16-18-24-34)45(52)38(42)32-35-31-36(46(3,4)29-21-8-6-2)33-41(44(35)51)49-47-39-25-19-20-26-40(39)48-49/h16-20,23-28,31,33,51-52H,5-15,21-22,29-30,32H2,1-4H3. The number of hydrogen-bond acceptors (Lipinski definition) is 6.